The van der Waals surface area contributed by atoms with Crippen molar-refractivity contribution in [2.24, 2.45) is 17.8 Å². The molecule has 3 saturated heterocycles. The van der Waals surface area contributed by atoms with Crippen molar-refractivity contribution >= 4 is 29.1 Å². The summed E-state index contributed by atoms with van der Waals surface area (Å²) in [5.41, 5.74) is -0.189. The summed E-state index contributed by atoms with van der Waals surface area (Å²) >= 11 is 0. The molecule has 0 radical (unpaired) electrons. The fourth-order valence-corrected chi connectivity index (χ4v) is 7.48. The number of fused-ring (bicyclic) bond motifs is 1. The summed E-state index contributed by atoms with van der Waals surface area (Å²) in [5, 5.41) is 16.5. The number of hydrogen-bond acceptors (Lipinski definition) is 6. The first-order valence-electron chi connectivity index (χ1n) is 15.2. The Bertz CT molecular complexity index is 1070. The quantitative estimate of drug-likeness (QED) is 0.343. The van der Waals surface area contributed by atoms with Crippen LogP contribution in [0.3, 0.4) is 0 Å². The third-order valence-electron chi connectivity index (χ3n) is 9.31. The minimum Gasteiger partial charge on any atom is -0.394 e. The van der Waals surface area contributed by atoms with E-state index in [9.17, 15) is 19.5 Å². The topological polar surface area (TPSA) is 111 Å². The summed E-state index contributed by atoms with van der Waals surface area (Å²) in [6.45, 7) is 14.3. The second-order valence-electron chi connectivity index (χ2n) is 12.0. The van der Waals surface area contributed by atoms with Gasteiger partial charge >= 0.3 is 0 Å². The van der Waals surface area contributed by atoms with E-state index >= 15 is 0 Å². The lowest BCUT2D eigenvalue weighted by Crippen LogP contribution is -2.56. The Morgan fingerprint density at radius 2 is 1.77 bits per heavy atom. The highest BCUT2D eigenvalue weighted by atomic mass is 16.5. The van der Waals surface area contributed by atoms with Gasteiger partial charge in [0, 0.05) is 31.0 Å². The van der Waals surface area contributed by atoms with Crippen LogP contribution >= 0.6 is 0 Å². The van der Waals surface area contributed by atoms with Gasteiger partial charge in [0.2, 0.25) is 17.7 Å². The molecule has 3 aliphatic heterocycles. The van der Waals surface area contributed by atoms with Crippen LogP contribution < -0.4 is 15.5 Å². The van der Waals surface area contributed by atoms with Gasteiger partial charge in [-0.3, -0.25) is 14.4 Å². The number of aliphatic hydroxyl groups is 1. The van der Waals surface area contributed by atoms with Crippen LogP contribution in [0.1, 0.15) is 73.6 Å². The van der Waals surface area contributed by atoms with Crippen LogP contribution in [0, 0.1) is 17.8 Å². The number of carbonyl (C=O) groups is 3. The summed E-state index contributed by atoms with van der Waals surface area (Å²) in [6.07, 6.45) is 3.04. The number of nitrogens with one attached hydrogen (secondary N) is 2. The SMILES string of the molecule is CCCNC(=O)[C@@H]1[C@H]2C(=O)N([C@@H](CO)CC(C)C)C(C(=O)Nc3ccc(N(CC)CC)cc3)C23CC[C@@]1(CC)O3. The van der Waals surface area contributed by atoms with Crippen LogP contribution in [0.25, 0.3) is 0 Å². The largest absolute Gasteiger partial charge is 0.394 e. The van der Waals surface area contributed by atoms with E-state index in [1.165, 1.54) is 0 Å². The van der Waals surface area contributed by atoms with Crippen LogP contribution in [-0.2, 0) is 19.1 Å². The molecule has 0 aromatic heterocycles. The third-order valence-corrected chi connectivity index (χ3v) is 9.31. The second-order valence-corrected chi connectivity index (χ2v) is 12.0. The van der Waals surface area contributed by atoms with E-state index in [4.69, 9.17) is 4.74 Å². The maximum atomic E-state index is 14.3. The van der Waals surface area contributed by atoms with Crippen molar-refractivity contribution in [3.8, 4) is 0 Å². The van der Waals surface area contributed by atoms with Crippen LogP contribution in [0.5, 0.6) is 0 Å². The lowest BCUT2D eigenvalue weighted by molar-refractivity contribution is -0.149. The average Bonchev–Trinajstić information content (AvgIpc) is 3.55. The van der Waals surface area contributed by atoms with Gasteiger partial charge in [0.15, 0.2) is 0 Å². The normalized spacial score (nSPS) is 29.6. The van der Waals surface area contributed by atoms with Crippen LogP contribution in [0.2, 0.25) is 0 Å². The lowest BCUT2D eigenvalue weighted by atomic mass is 9.65. The number of anilines is 2. The molecule has 1 aromatic rings. The van der Waals surface area contributed by atoms with Gasteiger partial charge in [0.25, 0.3) is 0 Å². The van der Waals surface area contributed by atoms with Gasteiger partial charge in [-0.15, -0.1) is 0 Å². The van der Waals surface area contributed by atoms with E-state index in [2.05, 4.69) is 29.4 Å². The Labute approximate surface area is 239 Å². The van der Waals surface area contributed by atoms with Crippen LogP contribution in [0.4, 0.5) is 11.4 Å². The lowest BCUT2D eigenvalue weighted by Gasteiger charge is -2.38. The Morgan fingerprint density at radius 3 is 2.33 bits per heavy atom. The van der Waals surface area contributed by atoms with Gasteiger partial charge in [-0.1, -0.05) is 27.7 Å². The Hall–Kier alpha value is -2.65. The van der Waals surface area contributed by atoms with E-state index < -0.39 is 35.1 Å². The highest BCUT2D eigenvalue weighted by Gasteiger charge is 2.79. The molecule has 0 aliphatic carbocycles. The third kappa shape index (κ3) is 5.00. The number of hydrogen-bond donors (Lipinski definition) is 3. The molecule has 222 valence electrons. The average molecular weight is 557 g/mol. The van der Waals surface area contributed by atoms with Crippen molar-refractivity contribution < 1.29 is 24.2 Å². The standard InChI is InChI=1S/C31H48N4O5/c1-7-17-32-27(37)24-25-29(39)35(23(19-36)18-20(5)6)26(31(25)16-15-30(24,8-2)40-31)28(38)33-21-11-13-22(14-12-21)34(9-3)10-4/h11-14,20,23-26,36H,7-10,15-19H2,1-6H3,(H,32,37)(H,33,38)/t23-,24+,25+,26?,30-,31?/m1/s1. The van der Waals surface area contributed by atoms with E-state index in [-0.39, 0.29) is 30.2 Å². The van der Waals surface area contributed by atoms with Crippen molar-refractivity contribution in [1.29, 1.82) is 0 Å². The van der Waals surface area contributed by atoms with Gasteiger partial charge in [0.05, 0.1) is 30.1 Å². The molecule has 3 amide bonds. The molecule has 4 rings (SSSR count). The zero-order chi connectivity index (χ0) is 29.2. The number of benzene rings is 1. The molecule has 3 N–H and O–H groups in total. The van der Waals surface area contributed by atoms with Crippen molar-refractivity contribution in [3.63, 3.8) is 0 Å². The minimum atomic E-state index is -1.11. The van der Waals surface area contributed by atoms with Crippen LogP contribution in [-0.4, -0.2) is 77.3 Å². The van der Waals surface area contributed by atoms with Gasteiger partial charge in [0.1, 0.15) is 11.6 Å². The van der Waals surface area contributed by atoms with Crippen molar-refractivity contribution in [2.45, 2.75) is 96.9 Å². The number of amides is 3. The molecule has 2 unspecified atom stereocenters. The Balaban J connectivity index is 1.73. The number of carbonyl (C=O) groups excluding carboxylic acids is 3. The van der Waals surface area contributed by atoms with Crippen molar-refractivity contribution in [1.82, 2.24) is 10.2 Å². The number of likely N-dealkylation sites (tertiary alicyclic amines) is 1. The van der Waals surface area contributed by atoms with E-state index in [0.717, 1.165) is 25.2 Å². The van der Waals surface area contributed by atoms with Gasteiger partial charge in [-0.2, -0.15) is 0 Å². The molecule has 3 aliphatic rings. The first kappa shape index (κ1) is 30.3. The first-order valence-corrected chi connectivity index (χ1v) is 15.2. The fourth-order valence-electron chi connectivity index (χ4n) is 7.48. The number of rotatable bonds is 13. The predicted molar refractivity (Wildman–Crippen MR) is 156 cm³/mol. The maximum absolute atomic E-state index is 14.3. The summed E-state index contributed by atoms with van der Waals surface area (Å²) < 4.78 is 6.81. The van der Waals surface area contributed by atoms with Gasteiger partial charge in [-0.25, -0.2) is 0 Å². The fraction of sp³-hybridized carbons (Fsp3) is 0.710. The molecular formula is C31H48N4O5. The molecule has 0 saturated carbocycles. The number of aliphatic hydroxyl groups excluding tert-OH is 1. The zero-order valence-electron chi connectivity index (χ0n) is 25.0. The highest BCUT2D eigenvalue weighted by Crippen LogP contribution is 2.64. The smallest absolute Gasteiger partial charge is 0.250 e. The summed E-state index contributed by atoms with van der Waals surface area (Å²) in [4.78, 5) is 45.9. The molecule has 6 atom stereocenters. The maximum Gasteiger partial charge on any atom is 0.250 e. The molecular weight excluding hydrogens is 508 g/mol. The predicted octanol–water partition coefficient (Wildman–Crippen LogP) is 3.56. The zero-order valence-corrected chi connectivity index (χ0v) is 25.0. The molecule has 3 fully saturated rings. The first-order chi connectivity index (χ1) is 19.1. The van der Waals surface area contributed by atoms with Gasteiger partial charge in [-0.05, 0) is 76.1 Å². The Kier molecular flexibility index (Phi) is 9.15. The molecule has 1 aromatic carbocycles. The number of ether oxygens (including phenoxy) is 1. The monoisotopic (exact) mass is 556 g/mol. The van der Waals surface area contributed by atoms with Crippen molar-refractivity contribution in [3.05, 3.63) is 24.3 Å². The molecule has 9 nitrogen and oxygen atoms in total. The minimum absolute atomic E-state index is 0.180. The molecule has 1 spiro atoms. The van der Waals surface area contributed by atoms with E-state index in [0.29, 0.717) is 37.9 Å². The summed E-state index contributed by atoms with van der Waals surface area (Å²) in [7, 11) is 0. The highest BCUT2D eigenvalue weighted by molar-refractivity contribution is 6.04. The van der Waals surface area contributed by atoms with E-state index in [1.807, 2.05) is 52.0 Å². The number of nitrogens with zero attached hydrogens (tertiary/aromatic N) is 2. The van der Waals surface area contributed by atoms with Crippen molar-refractivity contribution in [2.75, 3.05) is 36.5 Å². The van der Waals surface area contributed by atoms with Crippen LogP contribution in [0.15, 0.2) is 24.3 Å². The molecule has 3 heterocycles. The van der Waals surface area contributed by atoms with Gasteiger partial charge < -0.3 is 30.3 Å². The summed E-state index contributed by atoms with van der Waals surface area (Å²) in [5.74, 6) is -2.01. The molecule has 9 heteroatoms. The Morgan fingerprint density at radius 1 is 1.10 bits per heavy atom. The molecule has 40 heavy (non-hydrogen) atoms. The molecule has 2 bridgehead atoms. The van der Waals surface area contributed by atoms with E-state index in [1.54, 1.807) is 4.90 Å². The summed E-state index contributed by atoms with van der Waals surface area (Å²) in [6, 6.07) is 6.22. The second kappa shape index (κ2) is 12.1.